The molecule has 214 valence electrons. The molecule has 0 aliphatic rings. The molecule has 0 aromatic heterocycles. The highest BCUT2D eigenvalue weighted by Gasteiger charge is 2.33. The normalized spacial score (nSPS) is 12.5. The average molecular weight is 629 g/mol. The van der Waals surface area contributed by atoms with Crippen molar-refractivity contribution in [2.24, 2.45) is 0 Å². The topological polar surface area (TPSA) is 86.8 Å². The maximum absolute atomic E-state index is 14.1. The lowest BCUT2D eigenvalue weighted by Gasteiger charge is -2.34. The molecule has 3 rings (SSSR count). The average Bonchev–Trinajstić information content (AvgIpc) is 2.86. The third kappa shape index (κ3) is 7.95. The van der Waals surface area contributed by atoms with E-state index in [1.165, 1.54) is 4.90 Å². The van der Waals surface area contributed by atoms with E-state index in [0.29, 0.717) is 5.69 Å². The second-order valence-corrected chi connectivity index (χ2v) is 14.0. The Kier molecular flexibility index (Phi) is 9.85. The van der Waals surface area contributed by atoms with Gasteiger partial charge in [0.2, 0.25) is 11.8 Å². The van der Waals surface area contributed by atoms with Crippen LogP contribution in [0.4, 0.5) is 5.69 Å². The second-order valence-electron chi connectivity index (χ2n) is 11.2. The summed E-state index contributed by atoms with van der Waals surface area (Å²) in [5.74, 6) is -0.812. The molecule has 40 heavy (non-hydrogen) atoms. The number of rotatable bonds is 9. The number of carbonyl (C=O) groups is 2. The van der Waals surface area contributed by atoms with E-state index in [0.717, 1.165) is 31.0 Å². The molecule has 0 saturated carbocycles. The van der Waals surface area contributed by atoms with Crippen LogP contribution in [0.25, 0.3) is 0 Å². The third-order valence-electron chi connectivity index (χ3n) is 6.44. The molecule has 3 aromatic rings. The summed E-state index contributed by atoms with van der Waals surface area (Å²) in [5.41, 5.74) is 3.34. The summed E-state index contributed by atoms with van der Waals surface area (Å²) in [6, 6.07) is 18.6. The molecule has 0 unspecified atom stereocenters. The molecule has 0 heterocycles. The molecule has 2 amide bonds. The SMILES string of the molecule is Cc1ccc(S(=O)(=O)N(CC(=O)N(Cc2ccc(Br)cc2)[C@H](C)C(=O)NC(C)(C)C)c2ccc(C)cc2C)cc1. The first kappa shape index (κ1) is 31.4. The number of sulfonamides is 1. The third-order valence-corrected chi connectivity index (χ3v) is 8.74. The molecule has 0 spiro atoms. The molecule has 1 N–H and O–H groups in total. The number of aryl methyl sites for hydroxylation is 3. The molecule has 0 aliphatic heterocycles. The number of anilines is 1. The van der Waals surface area contributed by atoms with Gasteiger partial charge < -0.3 is 10.2 Å². The van der Waals surface area contributed by atoms with E-state index in [9.17, 15) is 18.0 Å². The zero-order chi connectivity index (χ0) is 29.8. The highest BCUT2D eigenvalue weighted by atomic mass is 79.9. The van der Waals surface area contributed by atoms with E-state index >= 15 is 0 Å². The van der Waals surface area contributed by atoms with Crippen LogP contribution >= 0.6 is 15.9 Å². The van der Waals surface area contributed by atoms with Crippen LogP contribution in [0.15, 0.2) is 76.1 Å². The highest BCUT2D eigenvalue weighted by molar-refractivity contribution is 9.10. The van der Waals surface area contributed by atoms with Crippen molar-refractivity contribution in [3.8, 4) is 0 Å². The number of hydrogen-bond donors (Lipinski definition) is 1. The van der Waals surface area contributed by atoms with Gasteiger partial charge in [0, 0.05) is 16.6 Å². The van der Waals surface area contributed by atoms with Crippen molar-refractivity contribution in [1.82, 2.24) is 10.2 Å². The molecule has 0 bridgehead atoms. The standard InChI is InChI=1S/C31H38BrN3O4S/c1-21-8-15-27(16-9-21)40(38,39)35(28-17-10-22(2)18-23(28)3)20-29(36)34(19-25-11-13-26(32)14-12-25)24(4)30(37)33-31(5,6)7/h8-18,24H,19-20H2,1-7H3,(H,33,37)/t24-/m1/s1. The summed E-state index contributed by atoms with van der Waals surface area (Å²) in [6.45, 7) is 12.6. The van der Waals surface area contributed by atoms with Gasteiger partial charge in [-0.25, -0.2) is 8.42 Å². The van der Waals surface area contributed by atoms with Crippen molar-refractivity contribution in [1.29, 1.82) is 0 Å². The summed E-state index contributed by atoms with van der Waals surface area (Å²) in [5, 5.41) is 2.94. The van der Waals surface area contributed by atoms with Gasteiger partial charge in [0.15, 0.2) is 0 Å². The monoisotopic (exact) mass is 627 g/mol. The number of benzene rings is 3. The zero-order valence-electron chi connectivity index (χ0n) is 24.2. The predicted molar refractivity (Wildman–Crippen MR) is 164 cm³/mol. The summed E-state index contributed by atoms with van der Waals surface area (Å²) in [4.78, 5) is 28.8. The largest absolute Gasteiger partial charge is 0.350 e. The summed E-state index contributed by atoms with van der Waals surface area (Å²) < 4.78 is 30.0. The van der Waals surface area contributed by atoms with Gasteiger partial charge in [-0.05, 0) is 89.9 Å². The van der Waals surface area contributed by atoms with Crippen molar-refractivity contribution >= 4 is 43.5 Å². The Morgan fingerprint density at radius 3 is 2.02 bits per heavy atom. The van der Waals surface area contributed by atoms with Crippen LogP contribution in [0, 0.1) is 20.8 Å². The fourth-order valence-electron chi connectivity index (χ4n) is 4.28. The fourth-order valence-corrected chi connectivity index (χ4v) is 6.02. The Labute approximate surface area is 246 Å². The molecule has 7 nitrogen and oxygen atoms in total. The number of hydrogen-bond acceptors (Lipinski definition) is 4. The first-order chi connectivity index (χ1) is 18.6. The van der Waals surface area contributed by atoms with Crippen molar-refractivity contribution in [3.63, 3.8) is 0 Å². The Balaban J connectivity index is 2.07. The molecular weight excluding hydrogens is 590 g/mol. The van der Waals surface area contributed by atoms with Crippen LogP contribution in [0.2, 0.25) is 0 Å². The van der Waals surface area contributed by atoms with Gasteiger partial charge in [-0.3, -0.25) is 13.9 Å². The summed E-state index contributed by atoms with van der Waals surface area (Å²) in [7, 11) is -4.11. The Hall–Kier alpha value is -3.17. The van der Waals surface area contributed by atoms with E-state index in [2.05, 4.69) is 21.2 Å². The van der Waals surface area contributed by atoms with Gasteiger partial charge in [0.05, 0.1) is 10.6 Å². The molecule has 0 saturated heterocycles. The lowest BCUT2D eigenvalue weighted by atomic mass is 10.1. The smallest absolute Gasteiger partial charge is 0.264 e. The Morgan fingerprint density at radius 1 is 0.900 bits per heavy atom. The summed E-state index contributed by atoms with van der Waals surface area (Å²) in [6.07, 6.45) is 0. The van der Waals surface area contributed by atoms with Gasteiger partial charge >= 0.3 is 0 Å². The first-order valence-corrected chi connectivity index (χ1v) is 15.3. The van der Waals surface area contributed by atoms with E-state index in [1.807, 2.05) is 77.9 Å². The fraction of sp³-hybridized carbons (Fsp3) is 0.355. The number of nitrogens with one attached hydrogen (secondary N) is 1. The van der Waals surface area contributed by atoms with Crippen molar-refractivity contribution in [2.75, 3.05) is 10.8 Å². The number of halogens is 1. The van der Waals surface area contributed by atoms with E-state index in [1.54, 1.807) is 37.3 Å². The van der Waals surface area contributed by atoms with Gasteiger partial charge in [0.1, 0.15) is 12.6 Å². The minimum absolute atomic E-state index is 0.0869. The van der Waals surface area contributed by atoms with Crippen LogP contribution < -0.4 is 9.62 Å². The molecule has 0 radical (unpaired) electrons. The molecular formula is C31H38BrN3O4S. The second kappa shape index (κ2) is 12.6. The zero-order valence-corrected chi connectivity index (χ0v) is 26.6. The molecule has 0 fully saturated rings. The minimum Gasteiger partial charge on any atom is -0.350 e. The van der Waals surface area contributed by atoms with Crippen molar-refractivity contribution < 1.29 is 18.0 Å². The van der Waals surface area contributed by atoms with Crippen LogP contribution in [-0.2, 0) is 26.2 Å². The number of amides is 2. The minimum atomic E-state index is -4.11. The Bertz CT molecular complexity index is 1460. The van der Waals surface area contributed by atoms with Gasteiger partial charge in [-0.15, -0.1) is 0 Å². The Morgan fingerprint density at radius 2 is 1.48 bits per heavy atom. The van der Waals surface area contributed by atoms with Crippen LogP contribution in [0.5, 0.6) is 0 Å². The van der Waals surface area contributed by atoms with Crippen molar-refractivity contribution in [2.45, 2.75) is 71.5 Å². The highest BCUT2D eigenvalue weighted by Crippen LogP contribution is 2.28. The lowest BCUT2D eigenvalue weighted by molar-refractivity contribution is -0.140. The molecule has 3 aromatic carbocycles. The van der Waals surface area contributed by atoms with Crippen LogP contribution in [-0.4, -0.2) is 43.3 Å². The number of nitrogens with zero attached hydrogens (tertiary/aromatic N) is 2. The van der Waals surface area contributed by atoms with Crippen LogP contribution in [0.3, 0.4) is 0 Å². The quantitative estimate of drug-likeness (QED) is 0.320. The lowest BCUT2D eigenvalue weighted by Crippen LogP contribution is -2.54. The predicted octanol–water partition coefficient (Wildman–Crippen LogP) is 5.90. The molecule has 1 atom stereocenters. The van der Waals surface area contributed by atoms with E-state index < -0.39 is 34.1 Å². The maximum atomic E-state index is 14.1. The summed E-state index contributed by atoms with van der Waals surface area (Å²) >= 11 is 3.43. The molecule has 0 aliphatic carbocycles. The molecule has 9 heteroatoms. The van der Waals surface area contributed by atoms with Gasteiger partial charge in [-0.2, -0.15) is 0 Å². The number of carbonyl (C=O) groups excluding carboxylic acids is 2. The first-order valence-electron chi connectivity index (χ1n) is 13.1. The van der Waals surface area contributed by atoms with Crippen LogP contribution in [0.1, 0.15) is 49.9 Å². The maximum Gasteiger partial charge on any atom is 0.264 e. The van der Waals surface area contributed by atoms with Gasteiger partial charge in [-0.1, -0.05) is 63.5 Å². The van der Waals surface area contributed by atoms with Crippen molar-refractivity contribution in [3.05, 3.63) is 93.5 Å². The van der Waals surface area contributed by atoms with E-state index in [4.69, 9.17) is 0 Å². The van der Waals surface area contributed by atoms with Gasteiger partial charge in [0.25, 0.3) is 10.0 Å². The van der Waals surface area contributed by atoms with E-state index in [-0.39, 0.29) is 17.3 Å².